The number of hydrogen-bond donors (Lipinski definition) is 2. The average Bonchev–Trinajstić information content (AvgIpc) is 3.00. The SMILES string of the molecule is CCCCn1c(O)c(N=NC(=O)CNc2ccc(OC)cc2)c2ccccc21. The number of nitrogens with one attached hydrogen (secondary N) is 1. The third-order valence-corrected chi connectivity index (χ3v) is 4.45. The number of carbonyl (C=O) groups excluding carboxylic acids is 1. The predicted octanol–water partition coefficient (Wildman–Crippen LogP) is 4.88. The van der Waals surface area contributed by atoms with Gasteiger partial charge < -0.3 is 19.7 Å². The van der Waals surface area contributed by atoms with Crippen LogP contribution in [0.3, 0.4) is 0 Å². The molecule has 0 aliphatic carbocycles. The van der Waals surface area contributed by atoms with E-state index in [4.69, 9.17) is 4.74 Å². The zero-order chi connectivity index (χ0) is 19.9. The van der Waals surface area contributed by atoms with Gasteiger partial charge in [0.2, 0.25) is 5.88 Å². The van der Waals surface area contributed by atoms with Gasteiger partial charge in [0.1, 0.15) is 5.75 Å². The van der Waals surface area contributed by atoms with Crippen molar-refractivity contribution in [2.75, 3.05) is 19.0 Å². The summed E-state index contributed by atoms with van der Waals surface area (Å²) in [7, 11) is 1.60. The van der Waals surface area contributed by atoms with E-state index in [0.717, 1.165) is 35.2 Å². The lowest BCUT2D eigenvalue weighted by Gasteiger charge is -2.05. The van der Waals surface area contributed by atoms with E-state index in [1.165, 1.54) is 0 Å². The smallest absolute Gasteiger partial charge is 0.283 e. The fourth-order valence-corrected chi connectivity index (χ4v) is 2.94. The van der Waals surface area contributed by atoms with Gasteiger partial charge in [-0.25, -0.2) is 0 Å². The Kier molecular flexibility index (Phi) is 6.26. The van der Waals surface area contributed by atoms with Gasteiger partial charge in [0, 0.05) is 17.6 Å². The molecule has 1 amide bonds. The molecule has 1 aromatic heterocycles. The third kappa shape index (κ3) is 4.31. The van der Waals surface area contributed by atoms with Crippen LogP contribution < -0.4 is 10.1 Å². The Morgan fingerprint density at radius 3 is 2.64 bits per heavy atom. The highest BCUT2D eigenvalue weighted by molar-refractivity contribution is 5.95. The molecule has 2 aromatic carbocycles. The standard InChI is InChI=1S/C21H24N4O3/c1-3-4-13-25-18-8-6-5-7-17(18)20(21(25)27)24-23-19(26)14-22-15-9-11-16(28-2)12-10-15/h5-12,22,27H,3-4,13-14H2,1-2H3. The van der Waals surface area contributed by atoms with Crippen LogP contribution in [0.5, 0.6) is 11.6 Å². The first-order chi connectivity index (χ1) is 13.6. The fraction of sp³-hybridized carbons (Fsp3) is 0.286. The molecule has 146 valence electrons. The Morgan fingerprint density at radius 2 is 1.93 bits per heavy atom. The van der Waals surface area contributed by atoms with E-state index in [0.29, 0.717) is 12.2 Å². The number of rotatable bonds is 8. The molecule has 3 aromatic rings. The maximum absolute atomic E-state index is 12.1. The van der Waals surface area contributed by atoms with E-state index in [-0.39, 0.29) is 12.4 Å². The summed E-state index contributed by atoms with van der Waals surface area (Å²) in [6.07, 6.45) is 1.95. The van der Waals surface area contributed by atoms with Gasteiger partial charge >= 0.3 is 0 Å². The van der Waals surface area contributed by atoms with Crippen LogP contribution in [-0.2, 0) is 11.3 Å². The molecule has 0 saturated heterocycles. The first kappa shape index (κ1) is 19.4. The molecule has 0 bridgehead atoms. The van der Waals surface area contributed by atoms with E-state index >= 15 is 0 Å². The molecule has 1 heterocycles. The quantitative estimate of drug-likeness (QED) is 0.545. The number of nitrogens with zero attached hydrogens (tertiary/aromatic N) is 3. The Labute approximate surface area is 163 Å². The number of azo groups is 1. The van der Waals surface area contributed by atoms with Crippen molar-refractivity contribution < 1.29 is 14.6 Å². The highest BCUT2D eigenvalue weighted by Crippen LogP contribution is 2.38. The second kappa shape index (κ2) is 9.03. The van der Waals surface area contributed by atoms with Gasteiger partial charge in [-0.2, -0.15) is 0 Å². The zero-order valence-corrected chi connectivity index (χ0v) is 16.1. The van der Waals surface area contributed by atoms with Crippen LogP contribution in [0, 0.1) is 0 Å². The number of unbranched alkanes of at least 4 members (excludes halogenated alkanes) is 1. The van der Waals surface area contributed by atoms with Crippen molar-refractivity contribution in [3.8, 4) is 11.6 Å². The van der Waals surface area contributed by atoms with Crippen LogP contribution in [0.2, 0.25) is 0 Å². The molecule has 0 atom stereocenters. The Hall–Kier alpha value is -3.35. The maximum atomic E-state index is 12.1. The van der Waals surface area contributed by atoms with Gasteiger partial charge in [0.05, 0.1) is 19.2 Å². The average molecular weight is 380 g/mol. The number of hydrogen-bond acceptors (Lipinski definition) is 5. The number of ether oxygens (including phenoxy) is 1. The summed E-state index contributed by atoms with van der Waals surface area (Å²) in [6.45, 7) is 2.79. The molecule has 7 heteroatoms. The first-order valence-electron chi connectivity index (χ1n) is 9.26. The molecule has 28 heavy (non-hydrogen) atoms. The molecule has 0 aliphatic rings. The topological polar surface area (TPSA) is 88.2 Å². The fourth-order valence-electron chi connectivity index (χ4n) is 2.94. The van der Waals surface area contributed by atoms with Gasteiger partial charge in [0.15, 0.2) is 5.69 Å². The van der Waals surface area contributed by atoms with Gasteiger partial charge in [0.25, 0.3) is 5.91 Å². The molecule has 0 aliphatic heterocycles. The summed E-state index contributed by atoms with van der Waals surface area (Å²) < 4.78 is 6.91. The third-order valence-electron chi connectivity index (χ3n) is 4.45. The predicted molar refractivity (Wildman–Crippen MR) is 110 cm³/mol. The van der Waals surface area contributed by atoms with Crippen LogP contribution in [0.15, 0.2) is 58.8 Å². The molecule has 2 N–H and O–H groups in total. The highest BCUT2D eigenvalue weighted by Gasteiger charge is 2.16. The van der Waals surface area contributed by atoms with Crippen molar-refractivity contribution in [3.63, 3.8) is 0 Å². The Bertz CT molecular complexity index is 977. The molecule has 0 spiro atoms. The molecule has 3 rings (SSSR count). The maximum Gasteiger partial charge on any atom is 0.283 e. The summed E-state index contributed by atoms with van der Waals surface area (Å²) >= 11 is 0. The number of aromatic hydroxyl groups is 1. The molecule has 0 radical (unpaired) electrons. The van der Waals surface area contributed by atoms with Crippen molar-refractivity contribution in [2.24, 2.45) is 10.2 Å². The number of para-hydroxylation sites is 1. The lowest BCUT2D eigenvalue weighted by atomic mass is 10.2. The van der Waals surface area contributed by atoms with E-state index in [2.05, 4.69) is 22.5 Å². The van der Waals surface area contributed by atoms with Gasteiger partial charge in [-0.3, -0.25) is 4.79 Å². The number of amides is 1. The van der Waals surface area contributed by atoms with E-state index < -0.39 is 5.91 Å². The number of anilines is 1. The molecular weight excluding hydrogens is 356 g/mol. The zero-order valence-electron chi connectivity index (χ0n) is 16.1. The number of benzene rings is 2. The molecule has 0 saturated carbocycles. The highest BCUT2D eigenvalue weighted by atomic mass is 16.5. The van der Waals surface area contributed by atoms with Crippen molar-refractivity contribution in [3.05, 3.63) is 48.5 Å². The van der Waals surface area contributed by atoms with Gasteiger partial charge in [-0.1, -0.05) is 31.5 Å². The minimum absolute atomic E-state index is 0.00503. The van der Waals surface area contributed by atoms with Crippen LogP contribution in [-0.4, -0.2) is 29.2 Å². The molecule has 0 unspecified atom stereocenters. The van der Waals surface area contributed by atoms with Crippen molar-refractivity contribution in [2.45, 2.75) is 26.3 Å². The second-order valence-corrected chi connectivity index (χ2v) is 6.37. The van der Waals surface area contributed by atoms with E-state index in [1.807, 2.05) is 41.0 Å². The number of fused-ring (bicyclic) bond motifs is 1. The van der Waals surface area contributed by atoms with Crippen molar-refractivity contribution in [1.29, 1.82) is 0 Å². The van der Waals surface area contributed by atoms with E-state index in [9.17, 15) is 9.90 Å². The Balaban J connectivity index is 1.73. The summed E-state index contributed by atoms with van der Waals surface area (Å²) in [4.78, 5) is 12.1. The first-order valence-corrected chi connectivity index (χ1v) is 9.26. The summed E-state index contributed by atoms with van der Waals surface area (Å²) in [5.74, 6) is 0.349. The summed E-state index contributed by atoms with van der Waals surface area (Å²) in [5.41, 5.74) is 1.99. The number of aryl methyl sites for hydroxylation is 1. The summed E-state index contributed by atoms with van der Waals surface area (Å²) in [5, 5.41) is 22.2. The number of methoxy groups -OCH3 is 1. The summed E-state index contributed by atoms with van der Waals surface area (Å²) in [6, 6.07) is 14.8. The van der Waals surface area contributed by atoms with Gasteiger partial charge in [-0.15, -0.1) is 10.2 Å². The van der Waals surface area contributed by atoms with Crippen LogP contribution in [0.1, 0.15) is 19.8 Å². The number of aromatic nitrogens is 1. The minimum Gasteiger partial charge on any atom is -0.497 e. The molecular formula is C21H24N4O3. The van der Waals surface area contributed by atoms with E-state index in [1.54, 1.807) is 19.2 Å². The minimum atomic E-state index is -0.430. The van der Waals surface area contributed by atoms with Gasteiger partial charge in [-0.05, 0) is 36.8 Å². The van der Waals surface area contributed by atoms with Crippen LogP contribution in [0.25, 0.3) is 10.9 Å². The lowest BCUT2D eigenvalue weighted by Crippen LogP contribution is -2.10. The molecule has 0 fully saturated rings. The van der Waals surface area contributed by atoms with Crippen LogP contribution >= 0.6 is 0 Å². The monoisotopic (exact) mass is 380 g/mol. The van der Waals surface area contributed by atoms with Crippen molar-refractivity contribution >= 4 is 28.2 Å². The normalized spacial score (nSPS) is 11.2. The molecule has 7 nitrogen and oxygen atoms in total. The second-order valence-electron chi connectivity index (χ2n) is 6.37. The van der Waals surface area contributed by atoms with Crippen LogP contribution in [0.4, 0.5) is 11.4 Å². The largest absolute Gasteiger partial charge is 0.497 e. The number of carbonyl (C=O) groups is 1. The Morgan fingerprint density at radius 1 is 1.18 bits per heavy atom. The van der Waals surface area contributed by atoms with Crippen molar-refractivity contribution in [1.82, 2.24) is 4.57 Å². The lowest BCUT2D eigenvalue weighted by molar-refractivity contribution is -0.116.